The Hall–Kier alpha value is -0.550. The molecule has 1 aliphatic rings. The average molecular weight is 386 g/mol. The van der Waals surface area contributed by atoms with E-state index in [4.69, 9.17) is 0 Å². The monoisotopic (exact) mass is 386 g/mol. The minimum absolute atomic E-state index is 0. The van der Waals surface area contributed by atoms with Gasteiger partial charge in [-0.3, -0.25) is 0 Å². The smallest absolute Gasteiger partial charge is 0.138 e. The molecule has 2 rings (SSSR count). The molecule has 1 heterocycles. The molecular formula is C17H27IN2. The Labute approximate surface area is 140 Å². The first-order valence-corrected chi connectivity index (χ1v) is 7.03. The van der Waals surface area contributed by atoms with Crippen LogP contribution < -0.4 is 24.0 Å². The van der Waals surface area contributed by atoms with E-state index in [9.17, 15) is 0 Å². The fraction of sp³-hybridized carbons (Fsp3) is 0.529. The van der Waals surface area contributed by atoms with Gasteiger partial charge >= 0.3 is 0 Å². The first-order valence-electron chi connectivity index (χ1n) is 7.03. The summed E-state index contributed by atoms with van der Waals surface area (Å²) in [6.07, 6.45) is 7.92. The van der Waals surface area contributed by atoms with Crippen LogP contribution in [0.3, 0.4) is 0 Å². The van der Waals surface area contributed by atoms with Gasteiger partial charge in [-0.2, -0.15) is 0 Å². The summed E-state index contributed by atoms with van der Waals surface area (Å²) in [6.45, 7) is 6.85. The fourth-order valence-corrected chi connectivity index (χ4v) is 4.00. The van der Waals surface area contributed by atoms with Crippen molar-refractivity contribution in [2.75, 3.05) is 21.1 Å². The number of rotatable bonds is 3. The normalized spacial score (nSPS) is 24.5. The van der Waals surface area contributed by atoms with Crippen molar-refractivity contribution in [2.24, 2.45) is 5.41 Å². The van der Waals surface area contributed by atoms with Crippen LogP contribution in [0.5, 0.6) is 0 Å². The van der Waals surface area contributed by atoms with Crippen molar-refractivity contribution < 1.29 is 28.5 Å². The number of allylic oxidation sites excluding steroid dienone is 3. The molecule has 2 atom stereocenters. The van der Waals surface area contributed by atoms with E-state index in [0.29, 0.717) is 6.04 Å². The Morgan fingerprint density at radius 1 is 1.25 bits per heavy atom. The van der Waals surface area contributed by atoms with Gasteiger partial charge in [0.2, 0.25) is 0 Å². The molecule has 2 unspecified atom stereocenters. The number of nitrogens with one attached hydrogen (secondary N) is 1. The molecule has 0 radical (unpaired) electrons. The van der Waals surface area contributed by atoms with Gasteiger partial charge in [0.25, 0.3) is 0 Å². The quantitative estimate of drug-likeness (QED) is 0.591. The van der Waals surface area contributed by atoms with Crippen LogP contribution >= 0.6 is 0 Å². The molecule has 0 aromatic carbocycles. The summed E-state index contributed by atoms with van der Waals surface area (Å²) in [5.74, 6) is 0. The van der Waals surface area contributed by atoms with E-state index >= 15 is 0 Å². The van der Waals surface area contributed by atoms with Gasteiger partial charge in [-0.15, -0.1) is 0 Å². The lowest BCUT2D eigenvalue weighted by Gasteiger charge is -2.45. The van der Waals surface area contributed by atoms with Gasteiger partial charge in [-0.1, -0.05) is 23.3 Å². The molecule has 0 saturated heterocycles. The predicted molar refractivity (Wildman–Crippen MR) is 81.8 cm³/mol. The largest absolute Gasteiger partial charge is 1.00 e. The number of hydrogen-bond donors (Lipinski definition) is 1. The lowest BCUT2D eigenvalue weighted by atomic mass is 9.71. The molecule has 2 nitrogen and oxygen atoms in total. The van der Waals surface area contributed by atoms with Crippen LogP contribution in [0.1, 0.15) is 38.9 Å². The highest BCUT2D eigenvalue weighted by Crippen LogP contribution is 2.47. The highest BCUT2D eigenvalue weighted by Gasteiger charge is 2.44. The number of H-pyrrole nitrogens is 1. The van der Waals surface area contributed by atoms with Crippen molar-refractivity contribution in [2.45, 2.75) is 33.2 Å². The molecule has 112 valence electrons. The molecule has 0 aliphatic heterocycles. The number of aromatic nitrogens is 1. The van der Waals surface area contributed by atoms with Gasteiger partial charge in [0.05, 0.1) is 26.8 Å². The second kappa shape index (κ2) is 6.06. The summed E-state index contributed by atoms with van der Waals surface area (Å²) in [5, 5.41) is 0. The van der Waals surface area contributed by atoms with Crippen molar-refractivity contribution in [3.8, 4) is 0 Å². The maximum Gasteiger partial charge on any atom is 0.138 e. The highest BCUT2D eigenvalue weighted by molar-refractivity contribution is 5.32. The van der Waals surface area contributed by atoms with Crippen LogP contribution in [0, 0.1) is 5.41 Å². The molecule has 1 N–H and O–H groups in total. The fourth-order valence-electron chi connectivity index (χ4n) is 4.00. The summed E-state index contributed by atoms with van der Waals surface area (Å²) in [5.41, 5.74) is 4.35. The van der Waals surface area contributed by atoms with E-state index in [1.54, 1.807) is 0 Å². The molecule has 0 saturated carbocycles. The SMILES string of the molecule is CC1=CC(C)(C(c2ccc[nH]2)[N+](C)(C)C)CC(C)=C1.[I-]. The van der Waals surface area contributed by atoms with Crippen molar-refractivity contribution in [3.63, 3.8) is 0 Å². The van der Waals surface area contributed by atoms with Crippen LogP contribution in [0.15, 0.2) is 41.6 Å². The summed E-state index contributed by atoms with van der Waals surface area (Å²) >= 11 is 0. The highest BCUT2D eigenvalue weighted by atomic mass is 127. The summed E-state index contributed by atoms with van der Waals surface area (Å²) in [7, 11) is 6.86. The minimum Gasteiger partial charge on any atom is -1.00 e. The van der Waals surface area contributed by atoms with Gasteiger partial charge < -0.3 is 33.4 Å². The minimum atomic E-state index is 0. The number of halogens is 1. The molecule has 3 heteroatoms. The van der Waals surface area contributed by atoms with E-state index in [-0.39, 0.29) is 29.4 Å². The molecule has 0 amide bonds. The van der Waals surface area contributed by atoms with Crippen LogP contribution in [-0.4, -0.2) is 30.6 Å². The van der Waals surface area contributed by atoms with Gasteiger partial charge in [-0.25, -0.2) is 0 Å². The first-order chi connectivity index (χ1) is 8.72. The first kappa shape index (κ1) is 17.5. The third-order valence-corrected chi connectivity index (χ3v) is 4.01. The van der Waals surface area contributed by atoms with E-state index < -0.39 is 0 Å². The summed E-state index contributed by atoms with van der Waals surface area (Å²) < 4.78 is 0.925. The second-order valence-electron chi connectivity index (χ2n) is 7.21. The van der Waals surface area contributed by atoms with E-state index in [0.717, 1.165) is 10.9 Å². The van der Waals surface area contributed by atoms with Crippen molar-refractivity contribution in [1.82, 2.24) is 4.98 Å². The number of nitrogens with zero attached hydrogens (tertiary/aromatic N) is 1. The summed E-state index contributed by atoms with van der Waals surface area (Å²) in [4.78, 5) is 3.43. The maximum absolute atomic E-state index is 3.43. The third-order valence-electron chi connectivity index (χ3n) is 4.01. The number of aromatic amines is 1. The zero-order chi connectivity index (χ0) is 14.3. The second-order valence-corrected chi connectivity index (χ2v) is 7.21. The zero-order valence-electron chi connectivity index (χ0n) is 13.5. The van der Waals surface area contributed by atoms with E-state index in [1.807, 2.05) is 6.20 Å². The van der Waals surface area contributed by atoms with E-state index in [2.05, 4.69) is 71.2 Å². The molecule has 20 heavy (non-hydrogen) atoms. The van der Waals surface area contributed by atoms with Crippen LogP contribution in [0.25, 0.3) is 0 Å². The van der Waals surface area contributed by atoms with Gasteiger partial charge in [0, 0.05) is 11.6 Å². The van der Waals surface area contributed by atoms with Crippen LogP contribution in [0.2, 0.25) is 0 Å². The van der Waals surface area contributed by atoms with Crippen LogP contribution in [-0.2, 0) is 0 Å². The topological polar surface area (TPSA) is 15.8 Å². The predicted octanol–water partition coefficient (Wildman–Crippen LogP) is 1.07. The molecule has 1 aliphatic carbocycles. The molecule has 1 aromatic heterocycles. The Bertz CT molecular complexity index is 506. The van der Waals surface area contributed by atoms with Crippen molar-refractivity contribution >= 4 is 0 Å². The lowest BCUT2D eigenvalue weighted by molar-refractivity contribution is -0.909. The van der Waals surface area contributed by atoms with Gasteiger partial charge in [0.15, 0.2) is 0 Å². The van der Waals surface area contributed by atoms with Gasteiger partial charge in [-0.05, 0) is 39.3 Å². The maximum atomic E-state index is 3.43. The number of hydrogen-bond acceptors (Lipinski definition) is 0. The Morgan fingerprint density at radius 2 is 1.90 bits per heavy atom. The Balaban J connectivity index is 0.00000200. The van der Waals surface area contributed by atoms with E-state index in [1.165, 1.54) is 16.8 Å². The van der Waals surface area contributed by atoms with Crippen molar-refractivity contribution in [1.29, 1.82) is 0 Å². The summed E-state index contributed by atoms with van der Waals surface area (Å²) in [6, 6.07) is 4.75. The molecule has 0 fully saturated rings. The Morgan fingerprint density at radius 3 is 2.35 bits per heavy atom. The standard InChI is InChI=1S/C17H27N2.HI/c1-13-10-14(2)12-17(3,11-13)16(19(4,5)6)15-8-7-9-18-15;/h7-11,16,18H,12H2,1-6H3;1H/q+1;/p-1. The third kappa shape index (κ3) is 3.55. The van der Waals surface area contributed by atoms with Gasteiger partial charge in [0.1, 0.15) is 6.04 Å². The molecule has 1 aromatic rings. The average Bonchev–Trinajstić information content (AvgIpc) is 2.64. The van der Waals surface area contributed by atoms with Crippen molar-refractivity contribution in [3.05, 3.63) is 47.3 Å². The number of quaternary nitrogens is 1. The van der Waals surface area contributed by atoms with Crippen LogP contribution in [0.4, 0.5) is 0 Å². The molecule has 0 spiro atoms. The molecule has 0 bridgehead atoms. The molecular weight excluding hydrogens is 359 g/mol. The Kier molecular flexibility index (Phi) is 5.30. The lowest BCUT2D eigenvalue weighted by Crippen LogP contribution is -3.00. The zero-order valence-corrected chi connectivity index (χ0v) is 15.7.